The molecule has 2 rings (SSSR count). The van der Waals surface area contributed by atoms with Gasteiger partial charge < -0.3 is 0 Å². The molecule has 2 aromatic rings. The van der Waals surface area contributed by atoms with Crippen LogP contribution in [0.4, 0.5) is 0 Å². The molecule has 0 saturated carbocycles. The zero-order chi connectivity index (χ0) is 8.23. The molecule has 2 heterocycles. The Labute approximate surface area is 70.1 Å². The molecule has 0 atom stereocenters. The van der Waals surface area contributed by atoms with Gasteiger partial charge in [0.15, 0.2) is 0 Å². The van der Waals surface area contributed by atoms with Gasteiger partial charge in [-0.05, 0) is 12.1 Å². The van der Waals surface area contributed by atoms with Crippen LogP contribution in [-0.4, -0.2) is 15.0 Å². The topological polar surface area (TPSA) is 38.7 Å². The number of nitrogens with zero attached hydrogens (tertiary/aromatic N) is 3. The first-order chi connectivity index (χ1) is 5.97. The first kappa shape index (κ1) is 6.91. The maximum atomic E-state index is 4.12. The molecule has 0 aliphatic heterocycles. The highest BCUT2D eigenvalue weighted by molar-refractivity contribution is 5.54. The van der Waals surface area contributed by atoms with Crippen LogP contribution in [0.2, 0.25) is 0 Å². The Hall–Kier alpha value is -1.77. The van der Waals surface area contributed by atoms with E-state index < -0.39 is 0 Å². The molecule has 1 radical (unpaired) electrons. The lowest BCUT2D eigenvalue weighted by Gasteiger charge is -1.95. The van der Waals surface area contributed by atoms with Crippen molar-refractivity contribution in [3.8, 4) is 11.3 Å². The van der Waals surface area contributed by atoms with E-state index in [0.29, 0.717) is 0 Å². The average Bonchev–Trinajstić information content (AvgIpc) is 2.21. The fraction of sp³-hybridized carbons (Fsp3) is 0. The Bertz CT molecular complexity index is 307. The van der Waals surface area contributed by atoms with E-state index in [9.17, 15) is 0 Å². The van der Waals surface area contributed by atoms with Crippen molar-refractivity contribution in [2.75, 3.05) is 0 Å². The van der Waals surface area contributed by atoms with E-state index in [4.69, 9.17) is 0 Å². The second-order valence-corrected chi connectivity index (χ2v) is 2.25. The highest BCUT2D eigenvalue weighted by atomic mass is 14.8. The average molecular weight is 156 g/mol. The number of pyridine rings is 1. The largest absolute Gasteiger partial charge is 0.261 e. The van der Waals surface area contributed by atoms with Crippen molar-refractivity contribution in [1.29, 1.82) is 0 Å². The van der Waals surface area contributed by atoms with Crippen molar-refractivity contribution in [2.24, 2.45) is 0 Å². The van der Waals surface area contributed by atoms with Crippen LogP contribution in [0.25, 0.3) is 11.3 Å². The van der Waals surface area contributed by atoms with E-state index in [2.05, 4.69) is 21.1 Å². The molecule has 0 saturated heterocycles. The lowest BCUT2D eigenvalue weighted by molar-refractivity contribution is 1.19. The van der Waals surface area contributed by atoms with Crippen LogP contribution in [0.5, 0.6) is 0 Å². The maximum absolute atomic E-state index is 4.12. The van der Waals surface area contributed by atoms with Crippen LogP contribution >= 0.6 is 0 Å². The van der Waals surface area contributed by atoms with Crippen molar-refractivity contribution < 1.29 is 0 Å². The molecule has 0 spiro atoms. The minimum Gasteiger partial charge on any atom is -0.261 e. The Kier molecular flexibility index (Phi) is 1.78. The lowest BCUT2D eigenvalue weighted by Crippen LogP contribution is -1.84. The second-order valence-electron chi connectivity index (χ2n) is 2.25. The van der Waals surface area contributed by atoms with Gasteiger partial charge in [-0.1, -0.05) is 0 Å². The van der Waals surface area contributed by atoms with E-state index in [1.165, 1.54) is 0 Å². The van der Waals surface area contributed by atoms with E-state index in [1.807, 2.05) is 12.1 Å². The molecule has 0 amide bonds. The third-order valence-corrected chi connectivity index (χ3v) is 1.45. The molecule has 0 aromatic carbocycles. The first-order valence-corrected chi connectivity index (χ1v) is 3.56. The third kappa shape index (κ3) is 1.29. The minimum absolute atomic E-state index is 0.797. The molecule has 2 aromatic heterocycles. The Morgan fingerprint density at radius 3 is 2.83 bits per heavy atom. The number of rotatable bonds is 1. The Morgan fingerprint density at radius 1 is 1.17 bits per heavy atom. The molecule has 3 nitrogen and oxygen atoms in total. The molecule has 0 bridgehead atoms. The standard InChI is InChI=1S/C9H6N3/c1-2-8(6-10-3-1)9-7-11-4-5-12-9/h1-5,7H. The molecule has 0 fully saturated rings. The zero-order valence-corrected chi connectivity index (χ0v) is 6.31. The van der Waals surface area contributed by atoms with Crippen molar-refractivity contribution >= 4 is 0 Å². The van der Waals surface area contributed by atoms with Crippen molar-refractivity contribution in [2.45, 2.75) is 0 Å². The summed E-state index contributed by atoms with van der Waals surface area (Å²) in [4.78, 5) is 11.9. The van der Waals surface area contributed by atoms with Crippen LogP contribution in [-0.2, 0) is 0 Å². The summed E-state index contributed by atoms with van der Waals surface area (Å²) in [6.07, 6.45) is 9.49. The van der Waals surface area contributed by atoms with Crippen LogP contribution in [0, 0.1) is 6.20 Å². The van der Waals surface area contributed by atoms with E-state index >= 15 is 0 Å². The van der Waals surface area contributed by atoms with Gasteiger partial charge in [0.05, 0.1) is 18.1 Å². The molecule has 0 aliphatic rings. The van der Waals surface area contributed by atoms with Crippen LogP contribution in [0.1, 0.15) is 0 Å². The second kappa shape index (κ2) is 3.09. The Balaban J connectivity index is 2.46. The predicted octanol–water partition coefficient (Wildman–Crippen LogP) is 1.34. The zero-order valence-electron chi connectivity index (χ0n) is 6.31. The summed E-state index contributed by atoms with van der Waals surface area (Å²) in [5.41, 5.74) is 1.66. The molecule has 3 heteroatoms. The summed E-state index contributed by atoms with van der Waals surface area (Å²) in [7, 11) is 0. The quantitative estimate of drug-likeness (QED) is 0.625. The van der Waals surface area contributed by atoms with Gasteiger partial charge >= 0.3 is 0 Å². The highest BCUT2D eigenvalue weighted by Gasteiger charge is 1.96. The van der Waals surface area contributed by atoms with Crippen molar-refractivity contribution in [3.05, 3.63) is 43.1 Å². The number of hydrogen-bond acceptors (Lipinski definition) is 3. The molecule has 0 aliphatic carbocycles. The van der Waals surface area contributed by atoms with Gasteiger partial charge in [0.1, 0.15) is 0 Å². The molecular formula is C9H6N3. The number of aromatic nitrogens is 3. The summed E-state index contributed by atoms with van der Waals surface area (Å²) in [6, 6.07) is 3.75. The van der Waals surface area contributed by atoms with E-state index in [-0.39, 0.29) is 0 Å². The van der Waals surface area contributed by atoms with E-state index in [0.717, 1.165) is 11.3 Å². The highest BCUT2D eigenvalue weighted by Crippen LogP contribution is 2.11. The van der Waals surface area contributed by atoms with Gasteiger partial charge in [0, 0.05) is 24.2 Å². The van der Waals surface area contributed by atoms with Crippen LogP contribution in [0.3, 0.4) is 0 Å². The lowest BCUT2D eigenvalue weighted by atomic mass is 10.2. The monoisotopic (exact) mass is 156 g/mol. The fourth-order valence-electron chi connectivity index (χ4n) is 0.907. The summed E-state index contributed by atoms with van der Waals surface area (Å²) in [6.45, 7) is 0. The predicted molar refractivity (Wildman–Crippen MR) is 44.1 cm³/mol. The van der Waals surface area contributed by atoms with Gasteiger partial charge in [0.2, 0.25) is 0 Å². The fourth-order valence-corrected chi connectivity index (χ4v) is 0.907. The number of hydrogen-bond donors (Lipinski definition) is 0. The van der Waals surface area contributed by atoms with Gasteiger partial charge in [-0.2, -0.15) is 0 Å². The summed E-state index contributed by atoms with van der Waals surface area (Å²) in [5.74, 6) is 0. The maximum Gasteiger partial charge on any atom is 0.0987 e. The molecule has 12 heavy (non-hydrogen) atoms. The van der Waals surface area contributed by atoms with E-state index in [1.54, 1.807) is 24.8 Å². The third-order valence-electron chi connectivity index (χ3n) is 1.45. The molecule has 0 unspecified atom stereocenters. The minimum atomic E-state index is 0.797. The molecular weight excluding hydrogens is 150 g/mol. The smallest absolute Gasteiger partial charge is 0.0987 e. The SMILES string of the molecule is [c]1ncccc1-c1cnccn1. The van der Waals surface area contributed by atoms with Gasteiger partial charge in [-0.15, -0.1) is 0 Å². The molecule has 57 valence electrons. The van der Waals surface area contributed by atoms with Gasteiger partial charge in [-0.25, -0.2) is 0 Å². The Morgan fingerprint density at radius 2 is 2.17 bits per heavy atom. The first-order valence-electron chi connectivity index (χ1n) is 3.56. The van der Waals surface area contributed by atoms with Gasteiger partial charge in [0.25, 0.3) is 0 Å². The van der Waals surface area contributed by atoms with Crippen LogP contribution in [0.15, 0.2) is 36.9 Å². The van der Waals surface area contributed by atoms with Crippen molar-refractivity contribution in [1.82, 2.24) is 15.0 Å². The molecule has 0 N–H and O–H groups in total. The van der Waals surface area contributed by atoms with Crippen molar-refractivity contribution in [3.63, 3.8) is 0 Å². The van der Waals surface area contributed by atoms with Gasteiger partial charge in [-0.3, -0.25) is 15.0 Å². The summed E-state index contributed by atoms with van der Waals surface area (Å²) in [5, 5.41) is 0. The summed E-state index contributed by atoms with van der Waals surface area (Å²) >= 11 is 0. The normalized spacial score (nSPS) is 9.67. The summed E-state index contributed by atoms with van der Waals surface area (Å²) < 4.78 is 0. The van der Waals surface area contributed by atoms with Crippen LogP contribution < -0.4 is 0 Å².